The van der Waals surface area contributed by atoms with Crippen LogP contribution in [-0.4, -0.2) is 0 Å². The zero-order valence-electron chi connectivity index (χ0n) is 17.5. The third-order valence-corrected chi connectivity index (χ3v) is 6.80. The summed E-state index contributed by atoms with van der Waals surface area (Å²) in [6.07, 6.45) is 0. The van der Waals surface area contributed by atoms with Crippen molar-refractivity contribution in [3.05, 3.63) is 121 Å². The highest BCUT2D eigenvalue weighted by Crippen LogP contribution is 2.39. The Morgan fingerprint density at radius 3 is 1.62 bits per heavy atom. The minimum absolute atomic E-state index is 1.28. The first-order valence-corrected chi connectivity index (χ1v) is 11.1. The van der Waals surface area contributed by atoms with E-state index in [1.807, 2.05) is 0 Å². The lowest BCUT2D eigenvalue weighted by molar-refractivity contribution is 1.71. The van der Waals surface area contributed by atoms with E-state index >= 15 is 0 Å². The molecule has 0 bridgehead atoms. The molecule has 7 aromatic rings. The highest BCUT2D eigenvalue weighted by molar-refractivity contribution is 6.18. The minimum atomic E-state index is 1.28. The Labute approximate surface area is 186 Å². The predicted octanol–water partition coefficient (Wildman–Crippen LogP) is 9.12. The van der Waals surface area contributed by atoms with Gasteiger partial charge >= 0.3 is 0 Å². The molecule has 0 unspecified atom stereocenters. The van der Waals surface area contributed by atoms with E-state index in [0.717, 1.165) is 0 Å². The highest BCUT2D eigenvalue weighted by atomic mass is 14.2. The summed E-state index contributed by atoms with van der Waals surface area (Å²) in [6.45, 7) is 0. The van der Waals surface area contributed by atoms with Gasteiger partial charge in [-0.05, 0) is 83.2 Å². The molecule has 0 heteroatoms. The van der Waals surface area contributed by atoms with Crippen molar-refractivity contribution in [2.75, 3.05) is 0 Å². The van der Waals surface area contributed by atoms with Crippen LogP contribution in [0, 0.1) is 0 Å². The molecule has 0 N–H and O–H groups in total. The van der Waals surface area contributed by atoms with E-state index in [9.17, 15) is 0 Å². The average Bonchev–Trinajstić information content (AvgIpc) is 2.87. The first-order valence-electron chi connectivity index (χ1n) is 11.1. The molecule has 0 radical (unpaired) electrons. The van der Waals surface area contributed by atoms with Crippen molar-refractivity contribution in [1.29, 1.82) is 0 Å². The van der Waals surface area contributed by atoms with Crippen LogP contribution in [0.25, 0.3) is 65.0 Å². The summed E-state index contributed by atoms with van der Waals surface area (Å²) in [4.78, 5) is 0. The van der Waals surface area contributed by atoms with Crippen molar-refractivity contribution in [3.8, 4) is 11.1 Å². The molecule has 0 saturated carbocycles. The van der Waals surface area contributed by atoms with Gasteiger partial charge in [0.2, 0.25) is 0 Å². The second-order valence-electron chi connectivity index (χ2n) is 8.58. The second-order valence-corrected chi connectivity index (χ2v) is 8.58. The van der Waals surface area contributed by atoms with Gasteiger partial charge in [0, 0.05) is 0 Å². The minimum Gasteiger partial charge on any atom is -0.0616 e. The summed E-state index contributed by atoms with van der Waals surface area (Å²) in [5, 5.41) is 13.0. The van der Waals surface area contributed by atoms with Crippen LogP contribution in [0.3, 0.4) is 0 Å². The molecular formula is C32H20. The molecule has 0 fully saturated rings. The maximum atomic E-state index is 2.37. The molecular weight excluding hydrogens is 384 g/mol. The van der Waals surface area contributed by atoms with Crippen LogP contribution in [-0.2, 0) is 0 Å². The molecule has 0 atom stereocenters. The van der Waals surface area contributed by atoms with Gasteiger partial charge < -0.3 is 0 Å². The van der Waals surface area contributed by atoms with Crippen molar-refractivity contribution < 1.29 is 0 Å². The Morgan fingerprint density at radius 2 is 0.781 bits per heavy atom. The van der Waals surface area contributed by atoms with E-state index in [4.69, 9.17) is 0 Å². The third kappa shape index (κ3) is 2.50. The second kappa shape index (κ2) is 6.67. The van der Waals surface area contributed by atoms with Crippen LogP contribution >= 0.6 is 0 Å². The molecule has 148 valence electrons. The monoisotopic (exact) mass is 404 g/mol. The van der Waals surface area contributed by atoms with Crippen molar-refractivity contribution in [1.82, 2.24) is 0 Å². The molecule has 0 spiro atoms. The van der Waals surface area contributed by atoms with Crippen LogP contribution in [0.15, 0.2) is 121 Å². The Balaban J connectivity index is 1.61. The van der Waals surface area contributed by atoms with Crippen molar-refractivity contribution >= 4 is 53.9 Å². The number of hydrogen-bond donors (Lipinski definition) is 0. The van der Waals surface area contributed by atoms with Crippen LogP contribution in [0.1, 0.15) is 0 Å². The smallest absolute Gasteiger partial charge is 0.00928 e. The van der Waals surface area contributed by atoms with E-state index in [0.29, 0.717) is 0 Å². The third-order valence-electron chi connectivity index (χ3n) is 6.80. The van der Waals surface area contributed by atoms with Gasteiger partial charge in [-0.1, -0.05) is 103 Å². The fourth-order valence-electron chi connectivity index (χ4n) is 5.29. The van der Waals surface area contributed by atoms with Crippen molar-refractivity contribution in [3.63, 3.8) is 0 Å². The molecule has 0 amide bonds. The van der Waals surface area contributed by atoms with E-state index in [2.05, 4.69) is 121 Å². The van der Waals surface area contributed by atoms with Gasteiger partial charge in [0.1, 0.15) is 0 Å². The molecule has 0 saturated heterocycles. The summed E-state index contributed by atoms with van der Waals surface area (Å²) < 4.78 is 0. The summed E-state index contributed by atoms with van der Waals surface area (Å²) >= 11 is 0. The quantitative estimate of drug-likeness (QED) is 0.189. The Bertz CT molecular complexity index is 1820. The van der Waals surface area contributed by atoms with Crippen molar-refractivity contribution in [2.45, 2.75) is 0 Å². The number of benzene rings is 7. The van der Waals surface area contributed by atoms with E-state index < -0.39 is 0 Å². The fourth-order valence-corrected chi connectivity index (χ4v) is 5.29. The topological polar surface area (TPSA) is 0 Å². The van der Waals surface area contributed by atoms with Crippen LogP contribution in [0.4, 0.5) is 0 Å². The first-order chi connectivity index (χ1) is 15.9. The van der Waals surface area contributed by atoms with E-state index in [1.54, 1.807) is 0 Å². The van der Waals surface area contributed by atoms with Gasteiger partial charge in [0.05, 0.1) is 0 Å². The normalized spacial score (nSPS) is 11.8. The lowest BCUT2D eigenvalue weighted by atomic mass is 9.89. The Hall–Kier alpha value is -4.16. The van der Waals surface area contributed by atoms with Crippen LogP contribution in [0.2, 0.25) is 0 Å². The molecule has 7 rings (SSSR count). The van der Waals surface area contributed by atoms with Crippen LogP contribution < -0.4 is 0 Å². The van der Waals surface area contributed by atoms with E-state index in [1.165, 1.54) is 65.0 Å². The Morgan fingerprint density at radius 1 is 0.250 bits per heavy atom. The van der Waals surface area contributed by atoms with Crippen LogP contribution in [0.5, 0.6) is 0 Å². The lowest BCUT2D eigenvalue weighted by Gasteiger charge is -2.14. The first kappa shape index (κ1) is 17.5. The molecule has 0 nitrogen and oxygen atoms in total. The molecule has 32 heavy (non-hydrogen) atoms. The van der Waals surface area contributed by atoms with Gasteiger partial charge in [-0.2, -0.15) is 0 Å². The number of hydrogen-bond acceptors (Lipinski definition) is 0. The van der Waals surface area contributed by atoms with Gasteiger partial charge in [-0.3, -0.25) is 0 Å². The zero-order valence-corrected chi connectivity index (χ0v) is 17.5. The summed E-state index contributed by atoms with van der Waals surface area (Å²) in [5.74, 6) is 0. The SMILES string of the molecule is c1cc(-c2cc3ccccc3c3ccccc23)c2cc3ccc4ccccc4c3cc2c1. The lowest BCUT2D eigenvalue weighted by Crippen LogP contribution is -1.87. The van der Waals surface area contributed by atoms with Gasteiger partial charge in [0.15, 0.2) is 0 Å². The Kier molecular flexibility index (Phi) is 3.65. The van der Waals surface area contributed by atoms with Crippen molar-refractivity contribution in [2.24, 2.45) is 0 Å². The summed E-state index contributed by atoms with van der Waals surface area (Å²) in [5.41, 5.74) is 2.59. The number of rotatable bonds is 1. The summed E-state index contributed by atoms with van der Waals surface area (Å²) in [6, 6.07) is 44.4. The molecule has 0 aliphatic rings. The van der Waals surface area contributed by atoms with Gasteiger partial charge in [-0.25, -0.2) is 0 Å². The standard InChI is InChI=1S/C32H20/c1-3-11-25-21(8-1)16-17-24-19-31-23(18-30(24)25)10-7-15-29(31)32-20-22-9-2-4-12-26(22)27-13-5-6-14-28(27)32/h1-20H. The van der Waals surface area contributed by atoms with Gasteiger partial charge in [-0.15, -0.1) is 0 Å². The number of fused-ring (bicyclic) bond motifs is 7. The fraction of sp³-hybridized carbons (Fsp3) is 0. The van der Waals surface area contributed by atoms with Gasteiger partial charge in [0.25, 0.3) is 0 Å². The predicted molar refractivity (Wildman–Crippen MR) is 139 cm³/mol. The molecule has 0 aliphatic carbocycles. The largest absolute Gasteiger partial charge is 0.0616 e. The zero-order chi connectivity index (χ0) is 21.1. The molecule has 7 aromatic carbocycles. The maximum Gasteiger partial charge on any atom is -0.00928 e. The molecule has 0 aromatic heterocycles. The highest BCUT2D eigenvalue weighted by Gasteiger charge is 2.12. The van der Waals surface area contributed by atoms with E-state index in [-0.39, 0.29) is 0 Å². The molecule has 0 heterocycles. The maximum absolute atomic E-state index is 2.37. The molecule has 0 aliphatic heterocycles. The summed E-state index contributed by atoms with van der Waals surface area (Å²) in [7, 11) is 0. The average molecular weight is 405 g/mol.